The molecule has 0 radical (unpaired) electrons. The zero-order chi connectivity index (χ0) is 8.84. The Morgan fingerprint density at radius 3 is 2.31 bits per heavy atom. The molecule has 0 bridgehead atoms. The molecule has 2 fully saturated rings. The molecule has 0 N–H and O–H groups in total. The standard InChI is InChI=1S/C12H15N/c1-13-7-10-11(8-13)12(10)9-5-3-2-4-6-9/h2-6,10-12H,7-8H2,1H3/t10-,11?,12?/m1/s1. The Morgan fingerprint density at radius 2 is 1.69 bits per heavy atom. The Hall–Kier alpha value is -0.820. The number of hydrogen-bond acceptors (Lipinski definition) is 1. The van der Waals surface area contributed by atoms with Crippen LogP contribution in [0.3, 0.4) is 0 Å². The lowest BCUT2D eigenvalue weighted by atomic mass is 10.1. The van der Waals surface area contributed by atoms with Gasteiger partial charge in [0.05, 0.1) is 0 Å². The van der Waals surface area contributed by atoms with Crippen molar-refractivity contribution in [2.75, 3.05) is 20.1 Å². The van der Waals surface area contributed by atoms with E-state index in [1.807, 2.05) is 0 Å². The summed E-state index contributed by atoms with van der Waals surface area (Å²) in [6.45, 7) is 2.62. The summed E-state index contributed by atoms with van der Waals surface area (Å²) in [5, 5.41) is 0. The number of likely N-dealkylation sites (tertiary alicyclic amines) is 1. The van der Waals surface area contributed by atoms with Crippen LogP contribution in [-0.2, 0) is 0 Å². The van der Waals surface area contributed by atoms with Crippen molar-refractivity contribution >= 4 is 0 Å². The fourth-order valence-corrected chi connectivity index (χ4v) is 2.91. The van der Waals surface area contributed by atoms with E-state index < -0.39 is 0 Å². The van der Waals surface area contributed by atoms with Crippen molar-refractivity contribution in [1.29, 1.82) is 0 Å². The molecule has 0 spiro atoms. The van der Waals surface area contributed by atoms with E-state index in [0.717, 1.165) is 17.8 Å². The molecule has 1 aliphatic carbocycles. The zero-order valence-electron chi connectivity index (χ0n) is 7.98. The predicted octanol–water partition coefficient (Wildman–Crippen LogP) is 1.96. The van der Waals surface area contributed by atoms with Gasteiger partial charge in [0.15, 0.2) is 0 Å². The average Bonchev–Trinajstić information content (AvgIpc) is 2.66. The minimum absolute atomic E-state index is 0.886. The van der Waals surface area contributed by atoms with Crippen LogP contribution in [0.2, 0.25) is 0 Å². The lowest BCUT2D eigenvalue weighted by molar-refractivity contribution is 0.363. The van der Waals surface area contributed by atoms with Gasteiger partial charge in [-0.05, 0) is 30.4 Å². The summed E-state index contributed by atoms with van der Waals surface area (Å²) in [6.07, 6.45) is 0. The molecule has 1 nitrogen and oxygen atoms in total. The van der Waals surface area contributed by atoms with Crippen LogP contribution in [-0.4, -0.2) is 25.0 Å². The van der Waals surface area contributed by atoms with Gasteiger partial charge in [-0.25, -0.2) is 0 Å². The molecule has 1 heterocycles. The summed E-state index contributed by atoms with van der Waals surface area (Å²) in [6, 6.07) is 11.0. The second kappa shape index (κ2) is 2.58. The highest BCUT2D eigenvalue weighted by molar-refractivity contribution is 5.30. The summed E-state index contributed by atoms with van der Waals surface area (Å²) in [7, 11) is 2.23. The lowest BCUT2D eigenvalue weighted by Gasteiger charge is -2.12. The Kier molecular flexibility index (Phi) is 1.50. The van der Waals surface area contributed by atoms with Crippen molar-refractivity contribution in [2.45, 2.75) is 5.92 Å². The highest BCUT2D eigenvalue weighted by Crippen LogP contribution is 2.57. The Bertz CT molecular complexity index is 294. The first-order valence-electron chi connectivity index (χ1n) is 5.10. The molecule has 1 saturated carbocycles. The maximum Gasteiger partial charge on any atom is 0.00160 e. The number of benzene rings is 1. The maximum atomic E-state index is 2.45. The van der Waals surface area contributed by atoms with Gasteiger partial charge >= 0.3 is 0 Å². The van der Waals surface area contributed by atoms with Crippen LogP contribution in [0.4, 0.5) is 0 Å². The molecule has 1 aliphatic heterocycles. The fourth-order valence-electron chi connectivity index (χ4n) is 2.91. The van der Waals surface area contributed by atoms with Crippen LogP contribution in [0.15, 0.2) is 30.3 Å². The third kappa shape index (κ3) is 1.11. The molecule has 0 aromatic heterocycles. The Labute approximate surface area is 79.4 Å². The largest absolute Gasteiger partial charge is 0.306 e. The molecule has 1 aromatic carbocycles. The molecule has 3 rings (SSSR count). The van der Waals surface area contributed by atoms with Crippen molar-refractivity contribution in [3.8, 4) is 0 Å². The van der Waals surface area contributed by atoms with E-state index in [0.29, 0.717) is 0 Å². The van der Waals surface area contributed by atoms with Gasteiger partial charge in [-0.1, -0.05) is 30.3 Å². The third-order valence-corrected chi connectivity index (χ3v) is 3.56. The number of hydrogen-bond donors (Lipinski definition) is 0. The van der Waals surface area contributed by atoms with E-state index in [4.69, 9.17) is 0 Å². The molecular formula is C12H15N. The van der Waals surface area contributed by atoms with Crippen LogP contribution in [0, 0.1) is 11.8 Å². The van der Waals surface area contributed by atoms with Gasteiger partial charge in [0, 0.05) is 13.1 Å². The van der Waals surface area contributed by atoms with Crippen molar-refractivity contribution in [1.82, 2.24) is 4.90 Å². The van der Waals surface area contributed by atoms with Crippen molar-refractivity contribution in [3.05, 3.63) is 35.9 Å². The molecule has 3 atom stereocenters. The summed E-state index contributed by atoms with van der Waals surface area (Å²) in [5.74, 6) is 2.82. The smallest absolute Gasteiger partial charge is 0.00160 e. The molecule has 68 valence electrons. The molecule has 1 aromatic rings. The van der Waals surface area contributed by atoms with E-state index in [1.165, 1.54) is 13.1 Å². The van der Waals surface area contributed by atoms with Gasteiger partial charge in [-0.3, -0.25) is 0 Å². The van der Waals surface area contributed by atoms with E-state index in [2.05, 4.69) is 42.3 Å². The zero-order valence-corrected chi connectivity index (χ0v) is 7.98. The Morgan fingerprint density at radius 1 is 1.08 bits per heavy atom. The van der Waals surface area contributed by atoms with Crippen LogP contribution >= 0.6 is 0 Å². The van der Waals surface area contributed by atoms with Crippen molar-refractivity contribution in [3.63, 3.8) is 0 Å². The van der Waals surface area contributed by atoms with Gasteiger partial charge in [-0.2, -0.15) is 0 Å². The number of piperidine rings is 1. The Balaban J connectivity index is 1.79. The van der Waals surface area contributed by atoms with Gasteiger partial charge < -0.3 is 4.90 Å². The minimum Gasteiger partial charge on any atom is -0.306 e. The molecule has 1 heteroatoms. The van der Waals surface area contributed by atoms with E-state index in [9.17, 15) is 0 Å². The first kappa shape index (κ1) is 7.57. The molecular weight excluding hydrogens is 158 g/mol. The molecule has 2 aliphatic rings. The first-order valence-corrected chi connectivity index (χ1v) is 5.10. The van der Waals surface area contributed by atoms with Crippen LogP contribution in [0.25, 0.3) is 0 Å². The van der Waals surface area contributed by atoms with E-state index in [1.54, 1.807) is 5.56 Å². The quantitative estimate of drug-likeness (QED) is 0.627. The second-order valence-corrected chi connectivity index (χ2v) is 4.49. The highest BCUT2D eigenvalue weighted by Gasteiger charge is 2.54. The lowest BCUT2D eigenvalue weighted by Crippen LogP contribution is -2.18. The fraction of sp³-hybridized carbons (Fsp3) is 0.500. The SMILES string of the molecule is CN1CC2C(c3ccccc3)[C@@H]2C1. The number of nitrogens with zero attached hydrogens (tertiary/aromatic N) is 1. The molecule has 13 heavy (non-hydrogen) atoms. The predicted molar refractivity (Wildman–Crippen MR) is 53.7 cm³/mol. The third-order valence-electron chi connectivity index (χ3n) is 3.56. The first-order chi connectivity index (χ1) is 6.36. The summed E-state index contributed by atoms with van der Waals surface area (Å²) in [4.78, 5) is 2.45. The van der Waals surface area contributed by atoms with Gasteiger partial charge in [0.1, 0.15) is 0 Å². The summed E-state index contributed by atoms with van der Waals surface area (Å²) in [5.41, 5.74) is 1.56. The molecule has 2 unspecified atom stereocenters. The molecule has 0 amide bonds. The van der Waals surface area contributed by atoms with Crippen molar-refractivity contribution in [2.24, 2.45) is 11.8 Å². The van der Waals surface area contributed by atoms with Gasteiger partial charge in [0.2, 0.25) is 0 Å². The normalized spacial score (nSPS) is 37.5. The molecule has 1 saturated heterocycles. The summed E-state index contributed by atoms with van der Waals surface area (Å²) >= 11 is 0. The average molecular weight is 173 g/mol. The van der Waals surface area contributed by atoms with Crippen LogP contribution < -0.4 is 0 Å². The van der Waals surface area contributed by atoms with E-state index >= 15 is 0 Å². The minimum atomic E-state index is 0.886. The summed E-state index contributed by atoms with van der Waals surface area (Å²) < 4.78 is 0. The van der Waals surface area contributed by atoms with Crippen LogP contribution in [0.5, 0.6) is 0 Å². The van der Waals surface area contributed by atoms with Crippen LogP contribution in [0.1, 0.15) is 11.5 Å². The highest BCUT2D eigenvalue weighted by atomic mass is 15.2. The monoisotopic (exact) mass is 173 g/mol. The second-order valence-electron chi connectivity index (χ2n) is 4.49. The number of rotatable bonds is 1. The topological polar surface area (TPSA) is 3.24 Å². The number of fused-ring (bicyclic) bond motifs is 1. The van der Waals surface area contributed by atoms with Crippen molar-refractivity contribution < 1.29 is 0 Å². The maximum absolute atomic E-state index is 2.45. The van der Waals surface area contributed by atoms with Gasteiger partial charge in [-0.15, -0.1) is 0 Å². The van der Waals surface area contributed by atoms with Gasteiger partial charge in [0.25, 0.3) is 0 Å². The van der Waals surface area contributed by atoms with E-state index in [-0.39, 0.29) is 0 Å².